The average molecular weight is 215 g/mol. The van der Waals surface area contributed by atoms with Crippen molar-refractivity contribution in [2.45, 2.75) is 25.0 Å². The summed E-state index contributed by atoms with van der Waals surface area (Å²) in [5, 5.41) is 11.3. The van der Waals surface area contributed by atoms with E-state index in [4.69, 9.17) is 11.0 Å². The smallest absolute Gasteiger partial charge is 0.230 e. The quantitative estimate of drug-likeness (QED) is 0.606. The van der Waals surface area contributed by atoms with E-state index in [9.17, 15) is 4.79 Å². The molecule has 5 heteroatoms. The third-order valence-corrected chi connectivity index (χ3v) is 2.86. The maximum atomic E-state index is 11.2. The molecule has 0 aliphatic heterocycles. The Morgan fingerprint density at radius 2 is 2.43 bits per heavy atom. The number of nitrogens with zero attached hydrogens (tertiary/aromatic N) is 1. The van der Waals surface area contributed by atoms with E-state index in [0.717, 1.165) is 6.42 Å². The van der Waals surface area contributed by atoms with Crippen LogP contribution in [0.2, 0.25) is 0 Å². The second-order valence-corrected chi connectivity index (χ2v) is 4.38. The van der Waals surface area contributed by atoms with Crippen LogP contribution in [0.15, 0.2) is 0 Å². The van der Waals surface area contributed by atoms with Gasteiger partial charge in [0.15, 0.2) is 0 Å². The van der Waals surface area contributed by atoms with Gasteiger partial charge in [-0.1, -0.05) is 6.92 Å². The second-order valence-electron chi connectivity index (χ2n) is 2.96. The molecule has 0 spiro atoms. The normalized spacial score (nSPS) is 11.8. The largest absolute Gasteiger partial charge is 0.354 e. The van der Waals surface area contributed by atoms with Crippen LogP contribution < -0.4 is 11.1 Å². The molecule has 0 aromatic rings. The molecule has 0 radical (unpaired) electrons. The van der Waals surface area contributed by atoms with Crippen molar-refractivity contribution in [3.63, 3.8) is 0 Å². The molecule has 1 atom stereocenters. The van der Waals surface area contributed by atoms with Crippen molar-refractivity contribution >= 4 is 17.7 Å². The van der Waals surface area contributed by atoms with Crippen LogP contribution in [-0.4, -0.2) is 30.0 Å². The summed E-state index contributed by atoms with van der Waals surface area (Å²) in [6.07, 6.45) is 1.30. The highest BCUT2D eigenvalue weighted by Gasteiger charge is 2.05. The van der Waals surface area contributed by atoms with Gasteiger partial charge in [0.1, 0.15) is 0 Å². The molecule has 0 saturated carbocycles. The van der Waals surface area contributed by atoms with Crippen LogP contribution in [0, 0.1) is 11.3 Å². The number of thioether (sulfide) groups is 1. The summed E-state index contributed by atoms with van der Waals surface area (Å²) in [4.78, 5) is 11.2. The first-order valence-electron chi connectivity index (χ1n) is 4.66. The fourth-order valence-corrected chi connectivity index (χ4v) is 1.69. The highest BCUT2D eigenvalue weighted by atomic mass is 32.2. The summed E-state index contributed by atoms with van der Waals surface area (Å²) < 4.78 is 0. The van der Waals surface area contributed by atoms with Gasteiger partial charge >= 0.3 is 0 Å². The van der Waals surface area contributed by atoms with Crippen LogP contribution in [0.1, 0.15) is 19.8 Å². The number of carbonyl (C=O) groups excluding carboxylic acids is 1. The fraction of sp³-hybridized carbons (Fsp3) is 0.778. The Balaban J connectivity index is 3.39. The molecule has 80 valence electrons. The van der Waals surface area contributed by atoms with Crippen LogP contribution >= 0.6 is 11.8 Å². The summed E-state index contributed by atoms with van der Waals surface area (Å²) in [5.41, 5.74) is 5.38. The van der Waals surface area contributed by atoms with Crippen molar-refractivity contribution < 1.29 is 4.79 Å². The lowest BCUT2D eigenvalue weighted by Crippen LogP contribution is -2.26. The lowest BCUT2D eigenvalue weighted by atomic mass is 10.3. The van der Waals surface area contributed by atoms with E-state index in [0.29, 0.717) is 30.5 Å². The zero-order chi connectivity index (χ0) is 10.8. The van der Waals surface area contributed by atoms with Crippen LogP contribution in [0.25, 0.3) is 0 Å². The monoisotopic (exact) mass is 215 g/mol. The number of nitrogens with one attached hydrogen (secondary N) is 1. The van der Waals surface area contributed by atoms with Crippen molar-refractivity contribution in [2.24, 2.45) is 5.73 Å². The Labute approximate surface area is 89.2 Å². The van der Waals surface area contributed by atoms with Gasteiger partial charge in [-0.25, -0.2) is 0 Å². The summed E-state index contributed by atoms with van der Waals surface area (Å²) in [6.45, 7) is 3.16. The number of carbonyl (C=O) groups is 1. The first-order valence-corrected chi connectivity index (χ1v) is 5.71. The average Bonchev–Trinajstić information content (AvgIpc) is 2.16. The Morgan fingerprint density at radius 3 is 3.00 bits per heavy atom. The molecule has 3 N–H and O–H groups in total. The summed E-state index contributed by atoms with van der Waals surface area (Å²) in [7, 11) is 0. The molecule has 0 aliphatic carbocycles. The lowest BCUT2D eigenvalue weighted by Gasteiger charge is -2.08. The SMILES string of the molecule is CC(CCN)SCC(=O)NCCC#N. The van der Waals surface area contributed by atoms with Crippen molar-refractivity contribution in [3.8, 4) is 6.07 Å². The predicted molar refractivity (Wildman–Crippen MR) is 58.8 cm³/mol. The van der Waals surface area contributed by atoms with E-state index in [1.807, 2.05) is 6.07 Å². The predicted octanol–water partition coefficient (Wildman–Crippen LogP) is 0.487. The molecule has 0 aromatic carbocycles. The standard InChI is InChI=1S/C9H17N3OS/c1-8(3-5-11)14-7-9(13)12-6-2-4-10/h8H,2-3,5-7,11H2,1H3,(H,12,13). The molecule has 0 fully saturated rings. The molecule has 0 heterocycles. The Bertz CT molecular complexity index is 203. The zero-order valence-corrected chi connectivity index (χ0v) is 9.27. The third-order valence-electron chi connectivity index (χ3n) is 1.63. The van der Waals surface area contributed by atoms with Gasteiger partial charge in [0.05, 0.1) is 18.2 Å². The number of rotatable bonds is 7. The van der Waals surface area contributed by atoms with Gasteiger partial charge in [0.2, 0.25) is 5.91 Å². The molecule has 0 aliphatic rings. The van der Waals surface area contributed by atoms with Crippen LogP contribution in [0.3, 0.4) is 0 Å². The van der Waals surface area contributed by atoms with Crippen molar-refractivity contribution in [2.75, 3.05) is 18.8 Å². The molecule has 0 bridgehead atoms. The maximum Gasteiger partial charge on any atom is 0.230 e. The Hall–Kier alpha value is -0.730. The summed E-state index contributed by atoms with van der Waals surface area (Å²) in [6, 6.07) is 1.97. The highest BCUT2D eigenvalue weighted by molar-refractivity contribution is 8.00. The van der Waals surface area contributed by atoms with E-state index < -0.39 is 0 Å². The number of hydrogen-bond donors (Lipinski definition) is 2. The van der Waals surface area contributed by atoms with E-state index in [1.54, 1.807) is 11.8 Å². The number of nitriles is 1. The minimum absolute atomic E-state index is 0.00544. The molecule has 4 nitrogen and oxygen atoms in total. The van der Waals surface area contributed by atoms with Crippen LogP contribution in [0.4, 0.5) is 0 Å². The number of hydrogen-bond acceptors (Lipinski definition) is 4. The third kappa shape index (κ3) is 7.90. The van der Waals surface area contributed by atoms with Crippen LogP contribution in [-0.2, 0) is 4.79 Å². The van der Waals surface area contributed by atoms with Gasteiger partial charge in [-0.15, -0.1) is 11.8 Å². The minimum Gasteiger partial charge on any atom is -0.354 e. The summed E-state index contributed by atoms with van der Waals surface area (Å²) >= 11 is 1.59. The minimum atomic E-state index is -0.00544. The van der Waals surface area contributed by atoms with Gasteiger partial charge in [-0.3, -0.25) is 4.79 Å². The second kappa shape index (κ2) is 8.85. The van der Waals surface area contributed by atoms with E-state index in [1.165, 1.54) is 0 Å². The molecule has 14 heavy (non-hydrogen) atoms. The van der Waals surface area contributed by atoms with Crippen molar-refractivity contribution in [1.29, 1.82) is 5.26 Å². The van der Waals surface area contributed by atoms with Gasteiger partial charge in [0, 0.05) is 11.8 Å². The van der Waals surface area contributed by atoms with Gasteiger partial charge in [-0.05, 0) is 13.0 Å². The number of amides is 1. The van der Waals surface area contributed by atoms with Crippen LogP contribution in [0.5, 0.6) is 0 Å². The molecule has 0 saturated heterocycles. The van der Waals surface area contributed by atoms with E-state index in [2.05, 4.69) is 12.2 Å². The Morgan fingerprint density at radius 1 is 1.71 bits per heavy atom. The van der Waals surface area contributed by atoms with Crippen molar-refractivity contribution in [1.82, 2.24) is 5.32 Å². The molecule has 0 aromatic heterocycles. The topological polar surface area (TPSA) is 78.9 Å². The van der Waals surface area contributed by atoms with Gasteiger partial charge in [0.25, 0.3) is 0 Å². The lowest BCUT2D eigenvalue weighted by molar-refractivity contribution is -0.118. The Kier molecular flexibility index (Phi) is 8.39. The molecule has 1 amide bonds. The zero-order valence-electron chi connectivity index (χ0n) is 8.45. The van der Waals surface area contributed by atoms with E-state index >= 15 is 0 Å². The number of nitrogens with two attached hydrogens (primary N) is 1. The summed E-state index contributed by atoms with van der Waals surface area (Å²) in [5.74, 6) is 0.446. The molecule has 0 rings (SSSR count). The van der Waals surface area contributed by atoms with Gasteiger partial charge in [-0.2, -0.15) is 5.26 Å². The van der Waals surface area contributed by atoms with E-state index in [-0.39, 0.29) is 5.91 Å². The fourth-order valence-electron chi connectivity index (χ4n) is 0.845. The first-order chi connectivity index (χ1) is 6.70. The maximum absolute atomic E-state index is 11.2. The van der Waals surface area contributed by atoms with Gasteiger partial charge < -0.3 is 11.1 Å². The molecular formula is C9H17N3OS. The van der Waals surface area contributed by atoms with Crippen molar-refractivity contribution in [3.05, 3.63) is 0 Å². The first kappa shape index (κ1) is 13.3. The molecule has 1 unspecified atom stereocenters. The highest BCUT2D eigenvalue weighted by Crippen LogP contribution is 2.12. The molecular weight excluding hydrogens is 198 g/mol.